The Morgan fingerprint density at radius 1 is 1.43 bits per heavy atom. The van der Waals surface area contributed by atoms with Crippen molar-refractivity contribution in [2.75, 3.05) is 13.1 Å². The first-order valence-electron chi connectivity index (χ1n) is 7.59. The van der Waals surface area contributed by atoms with Gasteiger partial charge in [-0.15, -0.1) is 10.2 Å². The third-order valence-electron chi connectivity index (χ3n) is 4.05. The fourth-order valence-corrected chi connectivity index (χ4v) is 2.94. The summed E-state index contributed by atoms with van der Waals surface area (Å²) in [6.07, 6.45) is 8.09. The molecule has 9 nitrogen and oxygen atoms in total. The number of aromatic amines is 1. The molecule has 2 aliphatic rings. The van der Waals surface area contributed by atoms with Gasteiger partial charge in [0.05, 0.1) is 12.6 Å². The maximum Gasteiger partial charge on any atom is 0.251 e. The Hall–Kier alpha value is -2.55. The third kappa shape index (κ3) is 3.29. The number of tetrazole rings is 1. The van der Waals surface area contributed by atoms with Gasteiger partial charge in [0.2, 0.25) is 5.91 Å². The third-order valence-corrected chi connectivity index (χ3v) is 4.05. The SMILES string of the molecule is NCC(=O)N1C[C@H](NC(=O)C2=CCCC=C2)C[C@H]1c1nn[nH]n1. The van der Waals surface area contributed by atoms with Gasteiger partial charge in [0.15, 0.2) is 5.82 Å². The monoisotopic (exact) mass is 317 g/mol. The summed E-state index contributed by atoms with van der Waals surface area (Å²) < 4.78 is 0. The fraction of sp³-hybridized carbons (Fsp3) is 0.500. The predicted octanol–water partition coefficient (Wildman–Crippen LogP) is -0.807. The van der Waals surface area contributed by atoms with Gasteiger partial charge in [-0.1, -0.05) is 23.4 Å². The number of H-pyrrole nitrogens is 1. The summed E-state index contributed by atoms with van der Waals surface area (Å²) in [4.78, 5) is 25.9. The molecule has 2 atom stereocenters. The van der Waals surface area contributed by atoms with Crippen molar-refractivity contribution in [3.05, 3.63) is 29.6 Å². The van der Waals surface area contributed by atoms with Gasteiger partial charge < -0.3 is 16.0 Å². The minimum atomic E-state index is -0.328. The summed E-state index contributed by atoms with van der Waals surface area (Å²) in [5.74, 6) is 0.105. The zero-order valence-corrected chi connectivity index (χ0v) is 12.6. The van der Waals surface area contributed by atoms with Crippen LogP contribution in [0.15, 0.2) is 23.8 Å². The van der Waals surface area contributed by atoms with Crippen molar-refractivity contribution < 1.29 is 9.59 Å². The maximum atomic E-state index is 12.3. The predicted molar refractivity (Wildman–Crippen MR) is 80.7 cm³/mol. The van der Waals surface area contributed by atoms with Crippen LogP contribution in [0, 0.1) is 0 Å². The van der Waals surface area contributed by atoms with Crippen LogP contribution in [0.5, 0.6) is 0 Å². The van der Waals surface area contributed by atoms with Gasteiger partial charge in [0.1, 0.15) is 0 Å². The highest BCUT2D eigenvalue weighted by atomic mass is 16.2. The van der Waals surface area contributed by atoms with E-state index in [9.17, 15) is 9.59 Å². The average molecular weight is 317 g/mol. The summed E-state index contributed by atoms with van der Waals surface area (Å²) in [5, 5.41) is 16.8. The molecule has 1 aliphatic carbocycles. The molecule has 9 heteroatoms. The van der Waals surface area contributed by atoms with E-state index in [1.165, 1.54) is 0 Å². The summed E-state index contributed by atoms with van der Waals surface area (Å²) in [6.45, 7) is 0.293. The molecular formula is C14H19N7O2. The fourth-order valence-electron chi connectivity index (χ4n) is 2.94. The summed E-state index contributed by atoms with van der Waals surface area (Å²) in [6, 6.07) is -0.497. The molecule has 0 radical (unpaired) electrons. The van der Waals surface area contributed by atoms with Crippen molar-refractivity contribution in [1.82, 2.24) is 30.8 Å². The molecule has 0 unspecified atom stereocenters. The molecule has 122 valence electrons. The van der Waals surface area contributed by atoms with Crippen molar-refractivity contribution in [2.24, 2.45) is 5.73 Å². The van der Waals surface area contributed by atoms with Crippen molar-refractivity contribution in [2.45, 2.75) is 31.3 Å². The second kappa shape index (κ2) is 6.69. The summed E-state index contributed by atoms with van der Waals surface area (Å²) in [7, 11) is 0. The highest BCUT2D eigenvalue weighted by molar-refractivity contribution is 5.96. The van der Waals surface area contributed by atoms with Crippen LogP contribution in [-0.4, -0.2) is 56.5 Å². The van der Waals surface area contributed by atoms with Crippen LogP contribution in [0.3, 0.4) is 0 Å². The molecule has 0 bridgehead atoms. The van der Waals surface area contributed by atoms with Gasteiger partial charge in [-0.05, 0) is 19.3 Å². The van der Waals surface area contributed by atoms with Crippen molar-refractivity contribution in [3.63, 3.8) is 0 Å². The number of hydrogen-bond acceptors (Lipinski definition) is 6. The highest BCUT2D eigenvalue weighted by Crippen LogP contribution is 2.29. The molecule has 1 aromatic heterocycles. The van der Waals surface area contributed by atoms with E-state index >= 15 is 0 Å². The number of nitrogens with one attached hydrogen (secondary N) is 2. The molecule has 0 saturated carbocycles. The quantitative estimate of drug-likeness (QED) is 0.666. The van der Waals surface area contributed by atoms with Crippen molar-refractivity contribution in [1.29, 1.82) is 0 Å². The van der Waals surface area contributed by atoms with Crippen LogP contribution < -0.4 is 11.1 Å². The van der Waals surface area contributed by atoms with Gasteiger partial charge in [0.25, 0.3) is 5.91 Å². The van der Waals surface area contributed by atoms with Crippen LogP contribution in [-0.2, 0) is 9.59 Å². The molecule has 1 saturated heterocycles. The molecule has 4 N–H and O–H groups in total. The number of nitrogens with zero attached hydrogens (tertiary/aromatic N) is 4. The standard InChI is InChI=1S/C14H19N7O2/c15-7-12(22)21-8-10(6-11(21)13-17-19-20-18-13)16-14(23)9-4-2-1-3-5-9/h2,4-5,10-11H,1,3,6-8,15H2,(H,16,23)(H,17,18,19,20)/t10-,11+/m1/s1. The van der Waals surface area contributed by atoms with Crippen LogP contribution in [0.25, 0.3) is 0 Å². The molecule has 1 aromatic rings. The first-order valence-corrected chi connectivity index (χ1v) is 7.59. The highest BCUT2D eigenvalue weighted by Gasteiger charge is 2.38. The van der Waals surface area contributed by atoms with E-state index in [1.807, 2.05) is 18.2 Å². The summed E-state index contributed by atoms with van der Waals surface area (Å²) in [5.41, 5.74) is 6.13. The average Bonchev–Trinajstić information content (AvgIpc) is 3.24. The molecular weight excluding hydrogens is 298 g/mol. The lowest BCUT2D eigenvalue weighted by Crippen LogP contribution is -2.40. The first kappa shape index (κ1) is 15.3. The normalized spacial score (nSPS) is 23.7. The summed E-state index contributed by atoms with van der Waals surface area (Å²) >= 11 is 0. The van der Waals surface area contributed by atoms with Crippen LogP contribution in [0.4, 0.5) is 0 Å². The zero-order valence-electron chi connectivity index (χ0n) is 12.6. The second-order valence-corrected chi connectivity index (χ2v) is 5.58. The van der Waals surface area contributed by atoms with Crippen LogP contribution >= 0.6 is 0 Å². The Bertz CT molecular complexity index is 638. The molecule has 3 rings (SSSR count). The second-order valence-electron chi connectivity index (χ2n) is 5.58. The number of rotatable bonds is 4. The van der Waals surface area contributed by atoms with E-state index in [0.717, 1.165) is 12.8 Å². The minimum Gasteiger partial charge on any atom is -0.347 e. The van der Waals surface area contributed by atoms with E-state index in [2.05, 4.69) is 25.9 Å². The van der Waals surface area contributed by atoms with E-state index in [0.29, 0.717) is 24.4 Å². The molecule has 1 fully saturated rings. The molecule has 2 amide bonds. The Kier molecular flexibility index (Phi) is 4.47. The number of hydrogen-bond donors (Lipinski definition) is 3. The van der Waals surface area contributed by atoms with Crippen LogP contribution in [0.2, 0.25) is 0 Å². The number of carbonyl (C=O) groups excluding carboxylic acids is 2. The number of aromatic nitrogens is 4. The van der Waals surface area contributed by atoms with E-state index in [4.69, 9.17) is 5.73 Å². The maximum absolute atomic E-state index is 12.3. The van der Waals surface area contributed by atoms with Gasteiger partial charge in [-0.25, -0.2) is 0 Å². The number of likely N-dealkylation sites (tertiary alicyclic amines) is 1. The lowest BCUT2D eigenvalue weighted by molar-refractivity contribution is -0.131. The van der Waals surface area contributed by atoms with Crippen molar-refractivity contribution >= 4 is 11.8 Å². The van der Waals surface area contributed by atoms with Crippen molar-refractivity contribution in [3.8, 4) is 0 Å². The topological polar surface area (TPSA) is 130 Å². The molecule has 23 heavy (non-hydrogen) atoms. The van der Waals surface area contributed by atoms with Gasteiger partial charge in [-0.2, -0.15) is 5.21 Å². The van der Waals surface area contributed by atoms with E-state index < -0.39 is 0 Å². The lowest BCUT2D eigenvalue weighted by Gasteiger charge is -2.21. The van der Waals surface area contributed by atoms with Gasteiger partial charge in [0, 0.05) is 18.2 Å². The van der Waals surface area contributed by atoms with Gasteiger partial charge in [-0.3, -0.25) is 9.59 Å². The Labute approximate surface area is 133 Å². The zero-order chi connectivity index (χ0) is 16.2. The number of allylic oxidation sites excluding steroid dienone is 2. The van der Waals surface area contributed by atoms with E-state index in [-0.39, 0.29) is 30.4 Å². The first-order chi connectivity index (χ1) is 11.2. The molecule has 0 spiro atoms. The number of amides is 2. The van der Waals surface area contributed by atoms with Gasteiger partial charge >= 0.3 is 0 Å². The Balaban J connectivity index is 1.70. The lowest BCUT2D eigenvalue weighted by atomic mass is 10.1. The molecule has 0 aromatic carbocycles. The number of nitrogens with two attached hydrogens (primary N) is 1. The Morgan fingerprint density at radius 3 is 2.96 bits per heavy atom. The number of carbonyl (C=O) groups is 2. The largest absolute Gasteiger partial charge is 0.347 e. The van der Waals surface area contributed by atoms with Crippen LogP contribution in [0.1, 0.15) is 31.1 Å². The smallest absolute Gasteiger partial charge is 0.251 e. The molecule has 1 aliphatic heterocycles. The Morgan fingerprint density at radius 2 is 2.30 bits per heavy atom. The molecule has 2 heterocycles. The minimum absolute atomic E-state index is 0.0943. The van der Waals surface area contributed by atoms with E-state index in [1.54, 1.807) is 4.90 Å².